The number of rotatable bonds is 9. The van der Waals surface area contributed by atoms with Crippen molar-refractivity contribution in [1.82, 2.24) is 5.32 Å². The highest BCUT2D eigenvalue weighted by atomic mass is 16.7. The van der Waals surface area contributed by atoms with E-state index in [9.17, 15) is 4.79 Å². The molecular formula is C28H29NO6. The summed E-state index contributed by atoms with van der Waals surface area (Å²) in [5, 5.41) is 3.06. The molecule has 35 heavy (non-hydrogen) atoms. The Morgan fingerprint density at radius 3 is 2.34 bits per heavy atom. The summed E-state index contributed by atoms with van der Waals surface area (Å²) in [4.78, 5) is 12.6. The Balaban J connectivity index is 1.13. The lowest BCUT2D eigenvalue weighted by atomic mass is 9.74. The SMILES string of the molecule is O=C(COc1ccc(OCc2ccccc2)cc1)NCC1(c2ccc3c(c2)OCO3)CCOCC1. The molecule has 2 aliphatic heterocycles. The van der Waals surface area contributed by atoms with Gasteiger partial charge in [0.25, 0.3) is 5.91 Å². The lowest BCUT2D eigenvalue weighted by Crippen LogP contribution is -2.45. The van der Waals surface area contributed by atoms with Crippen molar-refractivity contribution < 1.29 is 28.5 Å². The Morgan fingerprint density at radius 2 is 1.57 bits per heavy atom. The van der Waals surface area contributed by atoms with Gasteiger partial charge in [-0.25, -0.2) is 0 Å². The smallest absolute Gasteiger partial charge is 0.257 e. The van der Waals surface area contributed by atoms with Crippen molar-refractivity contribution in [3.05, 3.63) is 83.9 Å². The zero-order valence-electron chi connectivity index (χ0n) is 19.5. The molecule has 2 aliphatic rings. The lowest BCUT2D eigenvalue weighted by molar-refractivity contribution is -0.123. The largest absolute Gasteiger partial charge is 0.489 e. The van der Waals surface area contributed by atoms with Gasteiger partial charge in [0.2, 0.25) is 6.79 Å². The summed E-state index contributed by atoms with van der Waals surface area (Å²) >= 11 is 0. The van der Waals surface area contributed by atoms with Crippen LogP contribution in [0, 0.1) is 0 Å². The van der Waals surface area contributed by atoms with Crippen LogP contribution in [0.3, 0.4) is 0 Å². The molecule has 3 aromatic carbocycles. The monoisotopic (exact) mass is 475 g/mol. The molecule has 3 aromatic rings. The lowest BCUT2D eigenvalue weighted by Gasteiger charge is -2.38. The van der Waals surface area contributed by atoms with Crippen LogP contribution in [0.25, 0.3) is 0 Å². The summed E-state index contributed by atoms with van der Waals surface area (Å²) in [6.45, 7) is 2.49. The van der Waals surface area contributed by atoms with Crippen molar-refractivity contribution in [3.63, 3.8) is 0 Å². The third kappa shape index (κ3) is 5.69. The van der Waals surface area contributed by atoms with Gasteiger partial charge in [0, 0.05) is 25.2 Å². The van der Waals surface area contributed by atoms with Crippen molar-refractivity contribution in [2.45, 2.75) is 24.9 Å². The van der Waals surface area contributed by atoms with E-state index in [-0.39, 0.29) is 24.7 Å². The van der Waals surface area contributed by atoms with E-state index in [1.54, 1.807) is 12.1 Å². The zero-order valence-corrected chi connectivity index (χ0v) is 19.5. The molecule has 0 saturated carbocycles. The fraction of sp³-hybridized carbons (Fsp3) is 0.321. The first-order valence-corrected chi connectivity index (χ1v) is 11.8. The van der Waals surface area contributed by atoms with Crippen LogP contribution >= 0.6 is 0 Å². The normalized spacial score (nSPS) is 15.9. The summed E-state index contributed by atoms with van der Waals surface area (Å²) in [6, 6.07) is 23.3. The van der Waals surface area contributed by atoms with Crippen LogP contribution in [0.5, 0.6) is 23.0 Å². The first-order chi connectivity index (χ1) is 17.2. The van der Waals surface area contributed by atoms with E-state index >= 15 is 0 Å². The van der Waals surface area contributed by atoms with Crippen molar-refractivity contribution in [2.24, 2.45) is 0 Å². The molecule has 1 saturated heterocycles. The van der Waals surface area contributed by atoms with E-state index in [0.717, 1.165) is 41.2 Å². The molecule has 7 heteroatoms. The third-order valence-corrected chi connectivity index (χ3v) is 6.50. The number of hydrogen-bond acceptors (Lipinski definition) is 6. The average Bonchev–Trinajstić information content (AvgIpc) is 3.39. The molecule has 0 unspecified atom stereocenters. The molecule has 1 N–H and O–H groups in total. The highest BCUT2D eigenvalue weighted by Crippen LogP contribution is 2.40. The van der Waals surface area contributed by atoms with Gasteiger partial charge in [-0.2, -0.15) is 0 Å². The predicted octanol–water partition coefficient (Wildman–Crippen LogP) is 4.24. The van der Waals surface area contributed by atoms with E-state index in [0.29, 0.717) is 32.1 Å². The van der Waals surface area contributed by atoms with E-state index < -0.39 is 0 Å². The minimum absolute atomic E-state index is 0.0576. The molecule has 0 radical (unpaired) electrons. The second-order valence-corrected chi connectivity index (χ2v) is 8.77. The van der Waals surface area contributed by atoms with Crippen LogP contribution in [0.15, 0.2) is 72.8 Å². The van der Waals surface area contributed by atoms with Gasteiger partial charge in [-0.3, -0.25) is 4.79 Å². The zero-order chi connectivity index (χ0) is 23.9. The van der Waals surface area contributed by atoms with E-state index in [4.69, 9.17) is 23.7 Å². The Labute approximate surface area is 204 Å². The summed E-state index contributed by atoms with van der Waals surface area (Å²) in [5.41, 5.74) is 2.01. The molecule has 2 heterocycles. The summed E-state index contributed by atoms with van der Waals surface area (Å²) in [5.74, 6) is 2.70. The molecule has 5 rings (SSSR count). The van der Waals surface area contributed by atoms with E-state index in [1.807, 2.05) is 54.6 Å². The second kappa shape index (κ2) is 10.7. The van der Waals surface area contributed by atoms with E-state index in [2.05, 4.69) is 11.4 Å². The topological polar surface area (TPSA) is 75.3 Å². The third-order valence-electron chi connectivity index (χ3n) is 6.50. The fourth-order valence-electron chi connectivity index (χ4n) is 4.40. The molecule has 0 spiro atoms. The number of fused-ring (bicyclic) bond motifs is 1. The standard InChI is InChI=1S/C28H29NO6/c30-27(18-33-24-9-7-23(8-10-24)32-17-21-4-2-1-3-5-21)29-19-28(12-14-31-15-13-28)22-6-11-25-26(16-22)35-20-34-25/h1-11,16H,12-15,17-20H2,(H,29,30). The van der Waals surface area contributed by atoms with Crippen molar-refractivity contribution >= 4 is 5.91 Å². The second-order valence-electron chi connectivity index (χ2n) is 8.77. The summed E-state index contributed by atoms with van der Waals surface area (Å²) in [7, 11) is 0. The van der Waals surface area contributed by atoms with Gasteiger partial charge < -0.3 is 29.0 Å². The molecule has 7 nitrogen and oxygen atoms in total. The van der Waals surface area contributed by atoms with Gasteiger partial charge in [0.15, 0.2) is 18.1 Å². The fourth-order valence-corrected chi connectivity index (χ4v) is 4.40. The molecule has 1 fully saturated rings. The number of benzene rings is 3. The number of hydrogen-bond donors (Lipinski definition) is 1. The average molecular weight is 476 g/mol. The maximum absolute atomic E-state index is 12.6. The number of carbonyl (C=O) groups excluding carboxylic acids is 1. The number of amides is 1. The first kappa shape index (κ1) is 23.1. The van der Waals surface area contributed by atoms with Crippen LogP contribution in [0.2, 0.25) is 0 Å². The molecule has 1 amide bonds. The van der Waals surface area contributed by atoms with Crippen LogP contribution < -0.4 is 24.3 Å². The van der Waals surface area contributed by atoms with Crippen molar-refractivity contribution in [3.8, 4) is 23.0 Å². The van der Waals surface area contributed by atoms with Gasteiger partial charge >= 0.3 is 0 Å². The van der Waals surface area contributed by atoms with Crippen LogP contribution in [0.4, 0.5) is 0 Å². The Kier molecular flexibility index (Phi) is 7.04. The van der Waals surface area contributed by atoms with Crippen molar-refractivity contribution in [2.75, 3.05) is 33.2 Å². The predicted molar refractivity (Wildman–Crippen MR) is 130 cm³/mol. The van der Waals surface area contributed by atoms with Crippen molar-refractivity contribution in [1.29, 1.82) is 0 Å². The summed E-state index contributed by atoms with van der Waals surface area (Å²) < 4.78 is 28.1. The van der Waals surface area contributed by atoms with Gasteiger partial charge in [-0.05, 0) is 60.4 Å². The maximum atomic E-state index is 12.6. The number of carbonyl (C=O) groups is 1. The van der Waals surface area contributed by atoms with Gasteiger partial charge in [0.1, 0.15) is 18.1 Å². The molecule has 0 bridgehead atoms. The Bertz CT molecular complexity index is 1130. The van der Waals surface area contributed by atoms with Crippen LogP contribution in [-0.2, 0) is 21.6 Å². The molecule has 0 atom stereocenters. The minimum Gasteiger partial charge on any atom is -0.489 e. The Morgan fingerprint density at radius 1 is 0.857 bits per heavy atom. The van der Waals surface area contributed by atoms with Gasteiger partial charge in [0.05, 0.1) is 0 Å². The Hall–Kier alpha value is -3.71. The van der Waals surface area contributed by atoms with E-state index in [1.165, 1.54) is 0 Å². The van der Waals surface area contributed by atoms with Gasteiger partial charge in [-0.1, -0.05) is 36.4 Å². The molecular weight excluding hydrogens is 446 g/mol. The van der Waals surface area contributed by atoms with Gasteiger partial charge in [-0.15, -0.1) is 0 Å². The highest BCUT2D eigenvalue weighted by Gasteiger charge is 2.36. The molecule has 0 aromatic heterocycles. The van der Waals surface area contributed by atoms with Crippen LogP contribution in [0.1, 0.15) is 24.0 Å². The minimum atomic E-state index is -0.216. The summed E-state index contributed by atoms with van der Waals surface area (Å²) in [6.07, 6.45) is 1.64. The number of ether oxygens (including phenoxy) is 5. The molecule has 182 valence electrons. The number of nitrogens with one attached hydrogen (secondary N) is 1. The molecule has 0 aliphatic carbocycles. The highest BCUT2D eigenvalue weighted by molar-refractivity contribution is 5.77. The quantitative estimate of drug-likeness (QED) is 0.499. The van der Waals surface area contributed by atoms with Crippen LogP contribution in [-0.4, -0.2) is 39.1 Å². The first-order valence-electron chi connectivity index (χ1n) is 11.8. The maximum Gasteiger partial charge on any atom is 0.257 e.